The first-order valence-corrected chi connectivity index (χ1v) is 9.29. The van der Waals surface area contributed by atoms with Crippen molar-refractivity contribution in [3.63, 3.8) is 0 Å². The van der Waals surface area contributed by atoms with Gasteiger partial charge in [-0.25, -0.2) is 4.98 Å². The fraction of sp³-hybridized carbons (Fsp3) is 0.471. The molecule has 9 heteroatoms. The lowest BCUT2D eigenvalue weighted by molar-refractivity contribution is 0.0445. The second kappa shape index (κ2) is 7.31. The normalized spacial score (nSPS) is 24.3. The molecule has 0 saturated carbocycles. The number of hydrogen-bond acceptors (Lipinski definition) is 5. The molecule has 3 aromatic rings. The first-order valence-electron chi connectivity index (χ1n) is 8.47. The number of aromatic nitrogens is 4. The molecule has 0 spiro atoms. The van der Waals surface area contributed by atoms with Crippen LogP contribution in [0.3, 0.4) is 0 Å². The standard InChI is InChI=1S/C17H19N5OS.2ClH/c1-9-11(8-18-21-9)14-7-12-15(24-14)17(23)20-16(19-12)13-6-10-2-4-22(13)5-3-10;;/h7-8,10,13H,2-6H2,1H3,(H,18,21)(H,19,20,23);2*1H. The maximum Gasteiger partial charge on any atom is 0.268 e. The minimum absolute atomic E-state index is 0. The van der Waals surface area contributed by atoms with Gasteiger partial charge in [-0.15, -0.1) is 36.2 Å². The number of aromatic amines is 2. The fourth-order valence-electron chi connectivity index (χ4n) is 4.11. The molecule has 6 rings (SSSR count). The van der Waals surface area contributed by atoms with Crippen molar-refractivity contribution < 1.29 is 0 Å². The van der Waals surface area contributed by atoms with Crippen LogP contribution in [-0.4, -0.2) is 38.2 Å². The van der Waals surface area contributed by atoms with Crippen molar-refractivity contribution in [3.8, 4) is 10.4 Å². The largest absolute Gasteiger partial charge is 0.308 e. The second-order valence-electron chi connectivity index (χ2n) is 6.89. The Labute approximate surface area is 167 Å². The van der Waals surface area contributed by atoms with Gasteiger partial charge in [-0.2, -0.15) is 5.10 Å². The summed E-state index contributed by atoms with van der Waals surface area (Å²) in [6.45, 7) is 4.21. The summed E-state index contributed by atoms with van der Waals surface area (Å²) in [5.41, 5.74) is 2.76. The van der Waals surface area contributed by atoms with E-state index in [4.69, 9.17) is 4.98 Å². The quantitative estimate of drug-likeness (QED) is 0.671. The summed E-state index contributed by atoms with van der Waals surface area (Å²) in [5, 5.41) is 7.05. The molecule has 2 bridgehead atoms. The van der Waals surface area contributed by atoms with Gasteiger partial charge in [0.1, 0.15) is 10.5 Å². The van der Waals surface area contributed by atoms with Crippen LogP contribution in [0.15, 0.2) is 17.1 Å². The van der Waals surface area contributed by atoms with Gasteiger partial charge in [-0.1, -0.05) is 0 Å². The number of aryl methyl sites for hydroxylation is 1. The van der Waals surface area contributed by atoms with E-state index in [2.05, 4.69) is 20.1 Å². The number of rotatable bonds is 2. The molecule has 3 aromatic heterocycles. The van der Waals surface area contributed by atoms with E-state index in [-0.39, 0.29) is 36.4 Å². The van der Waals surface area contributed by atoms with Gasteiger partial charge in [-0.3, -0.25) is 14.8 Å². The Kier molecular flexibility index (Phi) is 5.44. The highest BCUT2D eigenvalue weighted by Crippen LogP contribution is 2.40. The van der Waals surface area contributed by atoms with Crippen molar-refractivity contribution in [2.45, 2.75) is 32.2 Å². The number of H-pyrrole nitrogens is 2. The second-order valence-corrected chi connectivity index (χ2v) is 7.94. The number of piperidine rings is 3. The highest BCUT2D eigenvalue weighted by atomic mass is 35.5. The predicted octanol–water partition coefficient (Wildman–Crippen LogP) is 3.68. The van der Waals surface area contributed by atoms with Gasteiger partial charge in [0.05, 0.1) is 17.3 Å². The molecular formula is C17H21Cl2N5OS. The van der Waals surface area contributed by atoms with Crippen LogP contribution in [0, 0.1) is 12.8 Å². The summed E-state index contributed by atoms with van der Waals surface area (Å²) >= 11 is 1.49. The molecule has 3 aliphatic heterocycles. The maximum atomic E-state index is 12.6. The average Bonchev–Trinajstić information content (AvgIpc) is 3.21. The molecule has 0 aliphatic carbocycles. The van der Waals surface area contributed by atoms with Crippen LogP contribution in [0.4, 0.5) is 0 Å². The third-order valence-electron chi connectivity index (χ3n) is 5.46. The lowest BCUT2D eigenvalue weighted by Gasteiger charge is -2.44. The lowest BCUT2D eigenvalue weighted by Crippen LogP contribution is -2.44. The zero-order chi connectivity index (χ0) is 16.3. The van der Waals surface area contributed by atoms with Crippen LogP contribution >= 0.6 is 36.2 Å². The summed E-state index contributed by atoms with van der Waals surface area (Å²) in [5.74, 6) is 1.62. The number of thiophene rings is 1. The number of nitrogens with zero attached hydrogens (tertiary/aromatic N) is 3. The van der Waals surface area contributed by atoms with Gasteiger partial charge in [-0.05, 0) is 51.3 Å². The smallest absolute Gasteiger partial charge is 0.268 e. The summed E-state index contributed by atoms with van der Waals surface area (Å²) in [6.07, 6.45) is 5.56. The van der Waals surface area contributed by atoms with Gasteiger partial charge in [0.25, 0.3) is 5.56 Å². The molecule has 6 heterocycles. The van der Waals surface area contributed by atoms with E-state index in [1.54, 1.807) is 0 Å². The molecule has 2 N–H and O–H groups in total. The van der Waals surface area contributed by atoms with Crippen LogP contribution < -0.4 is 5.56 Å². The van der Waals surface area contributed by atoms with Gasteiger partial charge < -0.3 is 4.98 Å². The van der Waals surface area contributed by atoms with Crippen molar-refractivity contribution in [1.29, 1.82) is 0 Å². The van der Waals surface area contributed by atoms with Gasteiger partial charge >= 0.3 is 0 Å². The maximum absolute atomic E-state index is 12.6. The van der Waals surface area contributed by atoms with Crippen LogP contribution in [-0.2, 0) is 0 Å². The molecule has 1 unspecified atom stereocenters. The third kappa shape index (κ3) is 3.07. The van der Waals surface area contributed by atoms with Crippen LogP contribution in [0.25, 0.3) is 20.7 Å². The minimum Gasteiger partial charge on any atom is -0.308 e. The average molecular weight is 414 g/mol. The van der Waals surface area contributed by atoms with Crippen LogP contribution in [0.2, 0.25) is 0 Å². The van der Waals surface area contributed by atoms with Gasteiger partial charge in [0, 0.05) is 16.6 Å². The van der Waals surface area contributed by atoms with Crippen LogP contribution in [0.1, 0.15) is 36.8 Å². The monoisotopic (exact) mass is 413 g/mol. The Balaban J connectivity index is 0.000000980. The molecular weight excluding hydrogens is 393 g/mol. The summed E-state index contributed by atoms with van der Waals surface area (Å²) < 4.78 is 0.699. The summed E-state index contributed by atoms with van der Waals surface area (Å²) in [4.78, 5) is 24.0. The van der Waals surface area contributed by atoms with Crippen molar-refractivity contribution in [1.82, 2.24) is 25.1 Å². The Morgan fingerprint density at radius 2 is 2.04 bits per heavy atom. The number of fused-ring (bicyclic) bond motifs is 4. The molecule has 0 amide bonds. The fourth-order valence-corrected chi connectivity index (χ4v) is 5.17. The molecule has 0 radical (unpaired) electrons. The summed E-state index contributed by atoms with van der Waals surface area (Å²) in [7, 11) is 0. The molecule has 140 valence electrons. The van der Waals surface area contributed by atoms with E-state index in [0.29, 0.717) is 4.70 Å². The number of hydrogen-bond donors (Lipinski definition) is 2. The topological polar surface area (TPSA) is 77.7 Å². The zero-order valence-corrected chi connectivity index (χ0v) is 16.8. The van der Waals surface area contributed by atoms with Gasteiger partial charge in [0.2, 0.25) is 0 Å². The Bertz CT molecular complexity index is 973. The molecule has 0 aromatic carbocycles. The highest BCUT2D eigenvalue weighted by molar-refractivity contribution is 7.22. The molecule has 6 nitrogen and oxygen atoms in total. The highest BCUT2D eigenvalue weighted by Gasteiger charge is 2.35. The SMILES string of the molecule is Cc1n[nH]cc1-c1cc2nc(C3CC4CCN3CC4)[nH]c(=O)c2s1.Cl.Cl. The minimum atomic E-state index is -0.0185. The first-order chi connectivity index (χ1) is 11.7. The number of nitrogens with one attached hydrogen (secondary N) is 2. The van der Waals surface area contributed by atoms with E-state index < -0.39 is 0 Å². The third-order valence-corrected chi connectivity index (χ3v) is 6.62. The zero-order valence-electron chi connectivity index (χ0n) is 14.3. The molecule has 3 aliphatic rings. The van der Waals surface area contributed by atoms with Gasteiger partial charge in [0.15, 0.2) is 0 Å². The van der Waals surface area contributed by atoms with Crippen LogP contribution in [0.5, 0.6) is 0 Å². The molecule has 3 fully saturated rings. The first kappa shape index (κ1) is 19.4. The Hall–Kier alpha value is -1.41. The van der Waals surface area contributed by atoms with E-state index in [0.717, 1.165) is 52.9 Å². The van der Waals surface area contributed by atoms with Crippen molar-refractivity contribution in [2.75, 3.05) is 13.1 Å². The van der Waals surface area contributed by atoms with Crippen molar-refractivity contribution >= 4 is 46.4 Å². The van der Waals surface area contributed by atoms with Crippen molar-refractivity contribution in [2.24, 2.45) is 5.92 Å². The Morgan fingerprint density at radius 1 is 1.27 bits per heavy atom. The molecule has 26 heavy (non-hydrogen) atoms. The van der Waals surface area contributed by atoms with Crippen molar-refractivity contribution in [3.05, 3.63) is 34.1 Å². The van der Waals surface area contributed by atoms with E-state index in [1.807, 2.05) is 19.2 Å². The molecule has 1 atom stereocenters. The lowest BCUT2D eigenvalue weighted by atomic mass is 9.83. The van der Waals surface area contributed by atoms with E-state index in [1.165, 1.54) is 24.2 Å². The number of halogens is 2. The molecule has 3 saturated heterocycles. The Morgan fingerprint density at radius 3 is 2.65 bits per heavy atom. The van der Waals surface area contributed by atoms with E-state index >= 15 is 0 Å². The predicted molar refractivity (Wildman–Crippen MR) is 109 cm³/mol. The van der Waals surface area contributed by atoms with E-state index in [9.17, 15) is 4.79 Å². The summed E-state index contributed by atoms with van der Waals surface area (Å²) in [6, 6.07) is 2.29.